The number of nitrogens with one attached hydrogen (secondary N) is 1. The normalized spacial score (nSPS) is 13.1. The van der Waals surface area contributed by atoms with Crippen LogP contribution < -0.4 is 4.72 Å². The summed E-state index contributed by atoms with van der Waals surface area (Å²) >= 11 is 0. The molecule has 0 spiro atoms. The number of hydrogen-bond donors (Lipinski definition) is 2. The molecule has 0 radical (unpaired) electrons. The summed E-state index contributed by atoms with van der Waals surface area (Å²) in [4.78, 5) is 14.3. The first-order valence-electron chi connectivity index (χ1n) is 3.58. The molecular formula is C4H11N3O7S2. The molecule has 0 aromatic heterocycles. The van der Waals surface area contributed by atoms with Crippen molar-refractivity contribution in [1.82, 2.24) is 12.9 Å². The van der Waals surface area contributed by atoms with Crippen molar-refractivity contribution >= 4 is 26.5 Å². The molecule has 0 unspecified atom stereocenters. The number of rotatable bonds is 5. The van der Waals surface area contributed by atoms with E-state index in [1.54, 1.807) is 0 Å². The maximum Gasteiger partial charge on any atom is 0.419 e. The smallest absolute Gasteiger partial charge is 0.419 e. The Balaban J connectivity index is 5.41. The van der Waals surface area contributed by atoms with Gasteiger partial charge in [0, 0.05) is 14.1 Å². The Labute approximate surface area is 92.7 Å². The van der Waals surface area contributed by atoms with Crippen LogP contribution in [0.25, 0.3) is 0 Å². The van der Waals surface area contributed by atoms with Crippen LogP contribution in [0.2, 0.25) is 0 Å². The molecule has 0 aromatic rings. The molecule has 1 amide bonds. The topological polar surface area (TPSA) is 133 Å². The average Bonchev–Trinajstić information content (AvgIpc) is 2.00. The number of carbonyl (C=O) groups is 1. The van der Waals surface area contributed by atoms with Gasteiger partial charge in [-0.2, -0.15) is 21.1 Å². The average molecular weight is 277 g/mol. The first-order valence-corrected chi connectivity index (χ1v) is 6.42. The van der Waals surface area contributed by atoms with Gasteiger partial charge in [-0.05, 0) is 0 Å². The lowest BCUT2D eigenvalue weighted by atomic mass is 11.3. The van der Waals surface area contributed by atoms with Crippen LogP contribution in [0.4, 0.5) is 4.79 Å². The summed E-state index contributed by atoms with van der Waals surface area (Å²) in [6.07, 6.45) is -1.93. The van der Waals surface area contributed by atoms with Crippen molar-refractivity contribution in [1.29, 1.82) is 0 Å². The lowest BCUT2D eigenvalue weighted by Gasteiger charge is -2.21. The van der Waals surface area contributed by atoms with Gasteiger partial charge in [-0.3, -0.25) is 4.84 Å². The molecule has 0 saturated carbocycles. The van der Waals surface area contributed by atoms with E-state index in [1.165, 1.54) is 0 Å². The van der Waals surface area contributed by atoms with Crippen molar-refractivity contribution < 1.29 is 31.6 Å². The van der Waals surface area contributed by atoms with E-state index in [0.29, 0.717) is 4.31 Å². The van der Waals surface area contributed by atoms with E-state index < -0.39 is 30.4 Å². The van der Waals surface area contributed by atoms with Gasteiger partial charge in [-0.15, -0.1) is 0 Å². The Morgan fingerprint density at radius 1 is 1.25 bits per heavy atom. The number of hydrogen-bond acceptors (Lipinski definition) is 6. The lowest BCUT2D eigenvalue weighted by Crippen LogP contribution is -2.49. The van der Waals surface area contributed by atoms with Crippen molar-refractivity contribution in [3.8, 4) is 0 Å². The van der Waals surface area contributed by atoms with Crippen molar-refractivity contribution in [3.05, 3.63) is 0 Å². The molecule has 10 nitrogen and oxygen atoms in total. The van der Waals surface area contributed by atoms with Gasteiger partial charge in [0.05, 0.1) is 11.0 Å². The van der Waals surface area contributed by atoms with Gasteiger partial charge in [-0.1, -0.05) is 0 Å². The fourth-order valence-corrected chi connectivity index (χ4v) is 3.05. The van der Waals surface area contributed by atoms with Crippen LogP contribution in [0.1, 0.15) is 0 Å². The van der Waals surface area contributed by atoms with E-state index >= 15 is 0 Å². The van der Waals surface area contributed by atoms with Crippen molar-refractivity contribution in [2.45, 2.75) is 0 Å². The van der Waals surface area contributed by atoms with E-state index in [9.17, 15) is 21.6 Å². The fourth-order valence-electron chi connectivity index (χ4n) is 0.597. The molecule has 12 heteroatoms. The van der Waals surface area contributed by atoms with Crippen LogP contribution in [0.5, 0.6) is 0 Å². The molecule has 0 heterocycles. The minimum Gasteiger partial charge on any atom is -0.464 e. The third kappa shape index (κ3) is 3.28. The summed E-state index contributed by atoms with van der Waals surface area (Å²) in [6, 6.07) is 0. The van der Waals surface area contributed by atoms with E-state index in [1.807, 2.05) is 0 Å². The van der Waals surface area contributed by atoms with Crippen molar-refractivity contribution in [2.75, 3.05) is 21.2 Å². The van der Waals surface area contributed by atoms with Crippen LogP contribution in [0.3, 0.4) is 0 Å². The number of carboxylic acid groups (broad SMARTS) is 1. The van der Waals surface area contributed by atoms with Crippen LogP contribution in [-0.2, 0) is 25.3 Å². The van der Waals surface area contributed by atoms with Crippen LogP contribution in [-0.4, -0.2) is 57.4 Å². The first kappa shape index (κ1) is 15.0. The SMILES string of the molecule is CON(S(=O)(=O)NC(=O)O)S(=O)(=O)N(C)C. The zero-order chi connectivity index (χ0) is 13.1. The van der Waals surface area contributed by atoms with Gasteiger partial charge >= 0.3 is 26.5 Å². The summed E-state index contributed by atoms with van der Waals surface area (Å²) < 4.78 is 46.4. The lowest BCUT2D eigenvalue weighted by molar-refractivity contribution is 0.0232. The summed E-state index contributed by atoms with van der Waals surface area (Å²) in [7, 11) is -6.43. The second kappa shape index (κ2) is 4.92. The summed E-state index contributed by atoms with van der Waals surface area (Å²) in [5, 5.41) is 8.22. The highest BCUT2D eigenvalue weighted by atomic mass is 32.3. The molecular weight excluding hydrogens is 266 g/mol. The Kier molecular flexibility index (Phi) is 4.63. The van der Waals surface area contributed by atoms with Crippen LogP contribution >= 0.6 is 0 Å². The highest BCUT2D eigenvalue weighted by molar-refractivity contribution is 8.02. The summed E-state index contributed by atoms with van der Waals surface area (Å²) in [5.41, 5.74) is 0. The van der Waals surface area contributed by atoms with Gasteiger partial charge in [-0.25, -0.2) is 9.52 Å². The van der Waals surface area contributed by atoms with Gasteiger partial charge in [0.15, 0.2) is 0 Å². The molecule has 0 fully saturated rings. The minimum absolute atomic E-state index is 0.450. The second-order valence-electron chi connectivity index (χ2n) is 2.55. The van der Waals surface area contributed by atoms with Gasteiger partial charge in [0.1, 0.15) is 0 Å². The summed E-state index contributed by atoms with van der Waals surface area (Å²) in [6.45, 7) is 0. The third-order valence-electron chi connectivity index (χ3n) is 1.21. The maximum atomic E-state index is 11.4. The monoisotopic (exact) mass is 277 g/mol. The molecule has 96 valence electrons. The standard InChI is InChI=1S/C4H11N3O7S2/c1-6(2)16(12,13)7(14-3)15(10,11)5-4(8)9/h5H,1-3H3,(H,8,9). The maximum absolute atomic E-state index is 11.4. The fraction of sp³-hybridized carbons (Fsp3) is 0.750. The van der Waals surface area contributed by atoms with Gasteiger partial charge < -0.3 is 5.11 Å². The first-order chi connectivity index (χ1) is 7.05. The largest absolute Gasteiger partial charge is 0.464 e. The molecule has 0 rings (SSSR count). The molecule has 0 bridgehead atoms. The van der Waals surface area contributed by atoms with Gasteiger partial charge in [0.25, 0.3) is 0 Å². The van der Waals surface area contributed by atoms with Crippen LogP contribution in [0.15, 0.2) is 0 Å². The van der Waals surface area contributed by atoms with E-state index in [-0.39, 0.29) is 0 Å². The molecule has 0 aliphatic carbocycles. The molecule has 0 aliphatic heterocycles. The number of amides is 1. The Morgan fingerprint density at radius 3 is 1.94 bits per heavy atom. The Hall–Kier alpha value is -0.950. The molecule has 16 heavy (non-hydrogen) atoms. The summed E-state index contributed by atoms with van der Waals surface area (Å²) in [5.74, 6) is 0. The van der Waals surface area contributed by atoms with Crippen molar-refractivity contribution in [3.63, 3.8) is 0 Å². The van der Waals surface area contributed by atoms with Crippen molar-refractivity contribution in [2.24, 2.45) is 0 Å². The van der Waals surface area contributed by atoms with E-state index in [0.717, 1.165) is 25.9 Å². The molecule has 2 N–H and O–H groups in total. The van der Waals surface area contributed by atoms with Gasteiger partial charge in [0.2, 0.25) is 0 Å². The van der Waals surface area contributed by atoms with Crippen LogP contribution in [0, 0.1) is 0 Å². The third-order valence-corrected chi connectivity index (χ3v) is 4.79. The number of nitrogens with zero attached hydrogens (tertiary/aromatic N) is 2. The molecule has 0 aliphatic rings. The predicted molar refractivity (Wildman–Crippen MR) is 51.5 cm³/mol. The highest BCUT2D eigenvalue weighted by Gasteiger charge is 2.37. The Morgan fingerprint density at radius 2 is 1.69 bits per heavy atom. The zero-order valence-corrected chi connectivity index (χ0v) is 10.2. The molecule has 0 aromatic carbocycles. The molecule has 0 saturated heterocycles. The zero-order valence-electron chi connectivity index (χ0n) is 8.61. The highest BCUT2D eigenvalue weighted by Crippen LogP contribution is 2.09. The van der Waals surface area contributed by atoms with E-state index in [4.69, 9.17) is 5.11 Å². The molecule has 0 atom stereocenters. The second-order valence-corrected chi connectivity index (χ2v) is 6.22. The quantitative estimate of drug-likeness (QED) is 0.564. The van der Waals surface area contributed by atoms with E-state index in [2.05, 4.69) is 4.84 Å². The minimum atomic E-state index is -4.84. The Bertz CT molecular complexity index is 452. The predicted octanol–water partition coefficient (Wildman–Crippen LogP) is -1.83.